The molecule has 1 amide bonds. The van der Waals surface area contributed by atoms with E-state index in [1.807, 2.05) is 11.0 Å². The number of rotatable bonds is 2. The van der Waals surface area contributed by atoms with Gasteiger partial charge in [0.2, 0.25) is 5.91 Å². The second-order valence-corrected chi connectivity index (χ2v) is 5.52. The third kappa shape index (κ3) is 1.81. The van der Waals surface area contributed by atoms with E-state index >= 15 is 0 Å². The fourth-order valence-electron chi connectivity index (χ4n) is 3.29. The summed E-state index contributed by atoms with van der Waals surface area (Å²) >= 11 is 0. The number of esters is 1. The van der Waals surface area contributed by atoms with Gasteiger partial charge in [0.05, 0.1) is 24.1 Å². The number of piperidine rings is 1. The number of epoxide rings is 1. The average Bonchev–Trinajstić information content (AvgIpc) is 3.19. The third-order valence-corrected chi connectivity index (χ3v) is 4.32. The third-order valence-electron chi connectivity index (χ3n) is 4.32. The van der Waals surface area contributed by atoms with Gasteiger partial charge in [0.25, 0.3) is 0 Å². The first kappa shape index (κ1) is 11.9. The number of fused-ring (bicyclic) bond motifs is 3. The molecular weight excluding hydrogens is 258 g/mol. The highest BCUT2D eigenvalue weighted by molar-refractivity contribution is 5.90. The quantitative estimate of drug-likeness (QED) is 0.595. The first-order valence-corrected chi connectivity index (χ1v) is 6.95. The average molecular weight is 273 g/mol. The monoisotopic (exact) mass is 273 g/mol. The van der Waals surface area contributed by atoms with Crippen molar-refractivity contribution in [3.8, 4) is 0 Å². The lowest BCUT2D eigenvalue weighted by atomic mass is 10.0. The number of ether oxygens (including phenoxy) is 2. The summed E-state index contributed by atoms with van der Waals surface area (Å²) in [5, 5.41) is 0. The van der Waals surface area contributed by atoms with Gasteiger partial charge in [-0.15, -0.1) is 0 Å². The molecule has 3 aliphatic rings. The minimum absolute atomic E-state index is 0.0590. The lowest BCUT2D eigenvalue weighted by molar-refractivity contribution is -0.129. The van der Waals surface area contributed by atoms with Crippen LogP contribution in [0, 0.1) is 0 Å². The van der Waals surface area contributed by atoms with Gasteiger partial charge in [0.1, 0.15) is 12.2 Å². The maximum atomic E-state index is 12.1. The summed E-state index contributed by atoms with van der Waals surface area (Å²) < 4.78 is 11.1. The molecule has 5 nitrogen and oxygen atoms in total. The Morgan fingerprint density at radius 2 is 2.10 bits per heavy atom. The van der Waals surface area contributed by atoms with E-state index in [0.717, 1.165) is 6.42 Å². The van der Waals surface area contributed by atoms with Gasteiger partial charge in [0, 0.05) is 6.54 Å². The van der Waals surface area contributed by atoms with E-state index in [-0.39, 0.29) is 42.7 Å². The Balaban J connectivity index is 1.51. The highest BCUT2D eigenvalue weighted by Crippen LogP contribution is 2.42. The molecule has 0 spiro atoms. The Morgan fingerprint density at radius 3 is 2.90 bits per heavy atom. The summed E-state index contributed by atoms with van der Waals surface area (Å²) in [7, 11) is 0. The van der Waals surface area contributed by atoms with Crippen molar-refractivity contribution in [2.24, 2.45) is 0 Å². The van der Waals surface area contributed by atoms with Crippen LogP contribution < -0.4 is 0 Å². The number of benzene rings is 1. The van der Waals surface area contributed by atoms with Gasteiger partial charge in [-0.05, 0) is 18.6 Å². The van der Waals surface area contributed by atoms with E-state index in [0.29, 0.717) is 12.1 Å². The maximum Gasteiger partial charge on any atom is 0.338 e. The van der Waals surface area contributed by atoms with Crippen LogP contribution in [0.15, 0.2) is 30.3 Å². The number of carbonyl (C=O) groups is 2. The van der Waals surface area contributed by atoms with Crippen molar-refractivity contribution in [1.82, 2.24) is 4.90 Å². The molecule has 0 aromatic heterocycles. The topological polar surface area (TPSA) is 59.1 Å². The van der Waals surface area contributed by atoms with Crippen LogP contribution in [0.5, 0.6) is 0 Å². The normalized spacial score (nSPS) is 34.4. The molecule has 0 aliphatic carbocycles. The molecule has 3 aliphatic heterocycles. The SMILES string of the molecule is O=C(O[C@@H]1CC(=O)N2CC[C@H]3O[C@H]3[C@@H]12)c1ccccc1. The van der Waals surface area contributed by atoms with Crippen LogP contribution in [0.4, 0.5) is 0 Å². The molecule has 3 heterocycles. The number of amides is 1. The lowest BCUT2D eigenvalue weighted by Crippen LogP contribution is -2.46. The molecule has 3 saturated heterocycles. The van der Waals surface area contributed by atoms with Gasteiger partial charge in [0.15, 0.2) is 0 Å². The molecule has 0 N–H and O–H groups in total. The van der Waals surface area contributed by atoms with Crippen molar-refractivity contribution in [3.63, 3.8) is 0 Å². The fraction of sp³-hybridized carbons (Fsp3) is 0.467. The summed E-state index contributed by atoms with van der Waals surface area (Å²) in [5.74, 6) is -0.303. The van der Waals surface area contributed by atoms with E-state index in [9.17, 15) is 9.59 Å². The zero-order chi connectivity index (χ0) is 13.7. The van der Waals surface area contributed by atoms with Crippen molar-refractivity contribution in [2.75, 3.05) is 6.54 Å². The standard InChI is InChI=1S/C15H15NO4/c17-12-8-11(13-14-10(19-14)6-7-16(12)13)20-15(18)9-4-2-1-3-5-9/h1-5,10-11,13-14H,6-8H2/t10-,11-,13-,14-/m1/s1. The molecule has 1 aromatic rings. The van der Waals surface area contributed by atoms with Crippen LogP contribution in [0.2, 0.25) is 0 Å². The Hall–Kier alpha value is -1.88. The van der Waals surface area contributed by atoms with Crippen LogP contribution in [0.3, 0.4) is 0 Å². The number of hydrogen-bond acceptors (Lipinski definition) is 4. The molecule has 20 heavy (non-hydrogen) atoms. The molecule has 4 rings (SSSR count). The lowest BCUT2D eigenvalue weighted by Gasteiger charge is -2.29. The van der Waals surface area contributed by atoms with Crippen molar-refractivity contribution in [3.05, 3.63) is 35.9 Å². The second-order valence-electron chi connectivity index (χ2n) is 5.52. The molecule has 0 radical (unpaired) electrons. The van der Waals surface area contributed by atoms with Crippen LogP contribution in [0.1, 0.15) is 23.2 Å². The Bertz CT molecular complexity index is 558. The van der Waals surface area contributed by atoms with Gasteiger partial charge >= 0.3 is 5.97 Å². The van der Waals surface area contributed by atoms with Crippen LogP contribution in [-0.2, 0) is 14.3 Å². The van der Waals surface area contributed by atoms with Gasteiger partial charge in [-0.3, -0.25) is 4.79 Å². The summed E-state index contributed by atoms with van der Waals surface area (Å²) in [4.78, 5) is 25.9. The van der Waals surface area contributed by atoms with E-state index in [1.54, 1.807) is 24.3 Å². The number of hydrogen-bond donors (Lipinski definition) is 0. The fourth-order valence-corrected chi connectivity index (χ4v) is 3.29. The van der Waals surface area contributed by atoms with Crippen molar-refractivity contribution < 1.29 is 19.1 Å². The summed E-state index contributed by atoms with van der Waals surface area (Å²) in [6.07, 6.45) is 1.09. The molecule has 1 aromatic carbocycles. The summed E-state index contributed by atoms with van der Waals surface area (Å²) in [6, 6.07) is 8.78. The molecule has 4 atom stereocenters. The molecule has 0 unspecified atom stereocenters. The Morgan fingerprint density at radius 1 is 1.30 bits per heavy atom. The van der Waals surface area contributed by atoms with Gasteiger partial charge in [-0.1, -0.05) is 18.2 Å². The minimum Gasteiger partial charge on any atom is -0.456 e. The van der Waals surface area contributed by atoms with Crippen LogP contribution in [-0.4, -0.2) is 47.7 Å². The van der Waals surface area contributed by atoms with Crippen LogP contribution >= 0.6 is 0 Å². The van der Waals surface area contributed by atoms with Gasteiger partial charge < -0.3 is 14.4 Å². The number of nitrogens with zero attached hydrogens (tertiary/aromatic N) is 1. The molecule has 3 fully saturated rings. The Labute approximate surface area is 116 Å². The first-order valence-electron chi connectivity index (χ1n) is 6.95. The predicted octanol–water partition coefficient (Wildman–Crippen LogP) is 0.984. The molecule has 5 heteroatoms. The van der Waals surface area contributed by atoms with E-state index in [1.165, 1.54) is 0 Å². The summed E-state index contributed by atoms with van der Waals surface area (Å²) in [5.41, 5.74) is 0.516. The largest absolute Gasteiger partial charge is 0.456 e. The highest BCUT2D eigenvalue weighted by Gasteiger charge is 2.59. The van der Waals surface area contributed by atoms with Gasteiger partial charge in [-0.2, -0.15) is 0 Å². The molecule has 0 saturated carbocycles. The summed E-state index contributed by atoms with van der Waals surface area (Å²) in [6.45, 7) is 0.712. The van der Waals surface area contributed by atoms with Crippen molar-refractivity contribution in [2.45, 2.75) is 37.2 Å². The smallest absolute Gasteiger partial charge is 0.338 e. The van der Waals surface area contributed by atoms with Crippen molar-refractivity contribution >= 4 is 11.9 Å². The van der Waals surface area contributed by atoms with E-state index < -0.39 is 0 Å². The molecular formula is C15H15NO4. The van der Waals surface area contributed by atoms with E-state index in [4.69, 9.17) is 9.47 Å². The maximum absolute atomic E-state index is 12.1. The first-order chi connectivity index (χ1) is 9.74. The minimum atomic E-state index is -0.384. The second kappa shape index (κ2) is 4.31. The van der Waals surface area contributed by atoms with Gasteiger partial charge in [-0.25, -0.2) is 4.79 Å². The Kier molecular flexibility index (Phi) is 2.57. The van der Waals surface area contributed by atoms with Crippen molar-refractivity contribution in [1.29, 1.82) is 0 Å². The molecule has 0 bridgehead atoms. The number of carbonyl (C=O) groups excluding carboxylic acids is 2. The van der Waals surface area contributed by atoms with Crippen LogP contribution in [0.25, 0.3) is 0 Å². The zero-order valence-electron chi connectivity index (χ0n) is 10.9. The predicted molar refractivity (Wildman–Crippen MR) is 69.0 cm³/mol. The highest BCUT2D eigenvalue weighted by atomic mass is 16.6. The van der Waals surface area contributed by atoms with E-state index in [2.05, 4.69) is 0 Å². The molecule has 104 valence electrons. The zero-order valence-corrected chi connectivity index (χ0v) is 10.9.